The first-order chi connectivity index (χ1) is 13.5. The maximum atomic E-state index is 12.6. The standard InChI is InChI=1S/C20H28N2O5S/c23-19(21-12-4-1-2-5-13-21)16-27-20(24)17-8-10-18(11-9-17)28(25,26)22-14-6-3-7-15-22/h8-11H,1-7,12-16H2. The Morgan fingerprint density at radius 2 is 1.36 bits per heavy atom. The van der Waals surface area contributed by atoms with Crippen LogP contribution in [-0.2, 0) is 19.6 Å². The molecule has 0 atom stereocenters. The van der Waals surface area contributed by atoms with Crippen LogP contribution in [0.15, 0.2) is 29.2 Å². The molecule has 2 aliphatic heterocycles. The van der Waals surface area contributed by atoms with Gasteiger partial charge in [0.1, 0.15) is 0 Å². The summed E-state index contributed by atoms with van der Waals surface area (Å²) < 4.78 is 31.9. The van der Waals surface area contributed by atoms with Crippen molar-refractivity contribution in [2.24, 2.45) is 0 Å². The van der Waals surface area contributed by atoms with Crippen molar-refractivity contribution in [2.45, 2.75) is 49.8 Å². The van der Waals surface area contributed by atoms with Gasteiger partial charge in [0, 0.05) is 26.2 Å². The zero-order valence-corrected chi connectivity index (χ0v) is 17.0. The zero-order chi connectivity index (χ0) is 20.0. The highest BCUT2D eigenvalue weighted by Gasteiger charge is 2.26. The van der Waals surface area contributed by atoms with E-state index >= 15 is 0 Å². The summed E-state index contributed by atoms with van der Waals surface area (Å²) in [5.74, 6) is -0.801. The number of carbonyl (C=O) groups excluding carboxylic acids is 2. The molecule has 0 aliphatic carbocycles. The van der Waals surface area contributed by atoms with Gasteiger partial charge in [0.15, 0.2) is 6.61 Å². The van der Waals surface area contributed by atoms with Gasteiger partial charge in [-0.3, -0.25) is 4.79 Å². The van der Waals surface area contributed by atoms with E-state index in [2.05, 4.69) is 0 Å². The molecular formula is C20H28N2O5S. The van der Waals surface area contributed by atoms with Gasteiger partial charge in [-0.05, 0) is 49.9 Å². The van der Waals surface area contributed by atoms with Crippen molar-refractivity contribution in [3.8, 4) is 0 Å². The number of benzene rings is 1. The topological polar surface area (TPSA) is 84.0 Å². The zero-order valence-electron chi connectivity index (χ0n) is 16.1. The Kier molecular flexibility index (Phi) is 7.07. The number of carbonyl (C=O) groups is 2. The summed E-state index contributed by atoms with van der Waals surface area (Å²) in [5, 5.41) is 0. The minimum atomic E-state index is -3.53. The fourth-order valence-electron chi connectivity index (χ4n) is 3.64. The molecule has 0 aromatic heterocycles. The highest BCUT2D eigenvalue weighted by molar-refractivity contribution is 7.89. The van der Waals surface area contributed by atoms with Crippen molar-refractivity contribution in [2.75, 3.05) is 32.8 Å². The highest BCUT2D eigenvalue weighted by Crippen LogP contribution is 2.21. The summed E-state index contributed by atoms with van der Waals surface area (Å²) in [7, 11) is -3.53. The van der Waals surface area contributed by atoms with E-state index in [4.69, 9.17) is 4.74 Å². The molecule has 1 amide bonds. The number of sulfonamides is 1. The average molecular weight is 409 g/mol. The molecule has 0 N–H and O–H groups in total. The number of rotatable bonds is 5. The van der Waals surface area contributed by atoms with Crippen molar-refractivity contribution in [3.63, 3.8) is 0 Å². The molecular weight excluding hydrogens is 380 g/mol. The van der Waals surface area contributed by atoms with Gasteiger partial charge in [-0.25, -0.2) is 13.2 Å². The van der Waals surface area contributed by atoms with Crippen LogP contribution in [0.1, 0.15) is 55.3 Å². The van der Waals surface area contributed by atoms with E-state index in [1.54, 1.807) is 4.90 Å². The first kappa shape index (κ1) is 20.8. The second-order valence-electron chi connectivity index (χ2n) is 7.36. The molecule has 3 rings (SSSR count). The maximum Gasteiger partial charge on any atom is 0.338 e. The van der Waals surface area contributed by atoms with Crippen molar-refractivity contribution < 1.29 is 22.7 Å². The molecule has 0 saturated carbocycles. The number of esters is 1. The molecule has 7 nitrogen and oxygen atoms in total. The Balaban J connectivity index is 1.56. The minimum Gasteiger partial charge on any atom is -0.452 e. The fourth-order valence-corrected chi connectivity index (χ4v) is 5.16. The van der Waals surface area contributed by atoms with Crippen LogP contribution in [0.25, 0.3) is 0 Å². The molecule has 8 heteroatoms. The van der Waals surface area contributed by atoms with Crippen LogP contribution in [0.2, 0.25) is 0 Å². The van der Waals surface area contributed by atoms with Crippen LogP contribution >= 0.6 is 0 Å². The van der Waals surface area contributed by atoms with E-state index in [1.165, 1.54) is 28.6 Å². The SMILES string of the molecule is O=C(OCC(=O)N1CCCCCC1)c1ccc(S(=O)(=O)N2CCCCC2)cc1. The van der Waals surface area contributed by atoms with Crippen LogP contribution in [0, 0.1) is 0 Å². The van der Waals surface area contributed by atoms with E-state index in [0.29, 0.717) is 26.2 Å². The smallest absolute Gasteiger partial charge is 0.338 e. The summed E-state index contributed by atoms with van der Waals surface area (Å²) in [6, 6.07) is 5.74. The Labute approximate surface area is 166 Å². The van der Waals surface area contributed by atoms with Crippen molar-refractivity contribution >= 4 is 21.9 Å². The Morgan fingerprint density at radius 3 is 1.96 bits per heavy atom. The minimum absolute atomic E-state index is 0.173. The number of hydrogen-bond donors (Lipinski definition) is 0. The summed E-state index contributed by atoms with van der Waals surface area (Å²) >= 11 is 0. The van der Waals surface area contributed by atoms with Crippen LogP contribution in [-0.4, -0.2) is 62.3 Å². The van der Waals surface area contributed by atoms with Gasteiger partial charge < -0.3 is 9.64 Å². The van der Waals surface area contributed by atoms with Gasteiger partial charge in [0.2, 0.25) is 10.0 Å². The normalized spacial score (nSPS) is 19.1. The number of piperidine rings is 1. The van der Waals surface area contributed by atoms with E-state index < -0.39 is 16.0 Å². The Hall–Kier alpha value is -1.93. The number of nitrogens with zero attached hydrogens (tertiary/aromatic N) is 2. The first-order valence-corrected chi connectivity index (χ1v) is 11.5. The Bertz CT molecular complexity index is 777. The molecule has 1 aromatic carbocycles. The van der Waals surface area contributed by atoms with Gasteiger partial charge >= 0.3 is 5.97 Å². The van der Waals surface area contributed by atoms with Crippen molar-refractivity contribution in [1.82, 2.24) is 9.21 Å². The van der Waals surface area contributed by atoms with E-state index in [0.717, 1.165) is 44.9 Å². The summed E-state index contributed by atoms with van der Waals surface area (Å²) in [6.07, 6.45) is 6.99. The highest BCUT2D eigenvalue weighted by atomic mass is 32.2. The quantitative estimate of drug-likeness (QED) is 0.699. The lowest BCUT2D eigenvalue weighted by Gasteiger charge is -2.25. The predicted molar refractivity (Wildman–Crippen MR) is 104 cm³/mol. The third-order valence-electron chi connectivity index (χ3n) is 5.33. The second-order valence-corrected chi connectivity index (χ2v) is 9.30. The molecule has 2 saturated heterocycles. The summed E-state index contributed by atoms with van der Waals surface area (Å²) in [4.78, 5) is 26.3. The van der Waals surface area contributed by atoms with Gasteiger partial charge in [-0.15, -0.1) is 0 Å². The van der Waals surface area contributed by atoms with Gasteiger partial charge in [-0.2, -0.15) is 4.31 Å². The van der Waals surface area contributed by atoms with Crippen molar-refractivity contribution in [3.05, 3.63) is 29.8 Å². The average Bonchev–Trinajstić information content (AvgIpc) is 3.02. The number of ether oxygens (including phenoxy) is 1. The van der Waals surface area contributed by atoms with E-state index in [1.807, 2.05) is 0 Å². The molecule has 2 aliphatic rings. The number of hydrogen-bond acceptors (Lipinski definition) is 5. The van der Waals surface area contributed by atoms with Crippen molar-refractivity contribution in [1.29, 1.82) is 0 Å². The molecule has 1 aromatic rings. The molecule has 0 bridgehead atoms. The third kappa shape index (κ3) is 5.11. The largest absolute Gasteiger partial charge is 0.452 e. The molecule has 154 valence electrons. The molecule has 0 unspecified atom stereocenters. The lowest BCUT2D eigenvalue weighted by molar-refractivity contribution is -0.134. The maximum absolute atomic E-state index is 12.6. The number of amides is 1. The monoisotopic (exact) mass is 408 g/mol. The lowest BCUT2D eigenvalue weighted by Crippen LogP contribution is -2.35. The lowest BCUT2D eigenvalue weighted by atomic mass is 10.2. The van der Waals surface area contributed by atoms with Crippen LogP contribution in [0.5, 0.6) is 0 Å². The Morgan fingerprint density at radius 1 is 0.821 bits per heavy atom. The molecule has 2 fully saturated rings. The van der Waals surface area contributed by atoms with E-state index in [9.17, 15) is 18.0 Å². The van der Waals surface area contributed by atoms with Crippen LogP contribution in [0.4, 0.5) is 0 Å². The van der Waals surface area contributed by atoms with Gasteiger partial charge in [0.25, 0.3) is 5.91 Å². The first-order valence-electron chi connectivity index (χ1n) is 10.0. The van der Waals surface area contributed by atoms with E-state index in [-0.39, 0.29) is 23.0 Å². The summed E-state index contributed by atoms with van der Waals surface area (Å²) in [5.41, 5.74) is 0.237. The molecule has 28 heavy (non-hydrogen) atoms. The molecule has 0 radical (unpaired) electrons. The molecule has 0 spiro atoms. The summed E-state index contributed by atoms with van der Waals surface area (Å²) in [6.45, 7) is 2.20. The van der Waals surface area contributed by atoms with Gasteiger partial charge in [-0.1, -0.05) is 19.3 Å². The van der Waals surface area contributed by atoms with Crippen LogP contribution in [0.3, 0.4) is 0 Å². The second kappa shape index (κ2) is 9.52. The third-order valence-corrected chi connectivity index (χ3v) is 7.24. The predicted octanol–water partition coefficient (Wildman–Crippen LogP) is 2.42. The number of likely N-dealkylation sites (tertiary alicyclic amines) is 1. The fraction of sp³-hybridized carbons (Fsp3) is 0.600. The van der Waals surface area contributed by atoms with Gasteiger partial charge in [0.05, 0.1) is 10.5 Å². The van der Waals surface area contributed by atoms with Crippen LogP contribution < -0.4 is 0 Å². The molecule has 2 heterocycles.